The van der Waals surface area contributed by atoms with Crippen molar-refractivity contribution in [2.75, 3.05) is 19.0 Å². The van der Waals surface area contributed by atoms with Gasteiger partial charge in [-0.3, -0.25) is 4.79 Å². The highest BCUT2D eigenvalue weighted by Crippen LogP contribution is 2.31. The van der Waals surface area contributed by atoms with E-state index in [4.69, 9.17) is 4.74 Å². The number of benzene rings is 1. The van der Waals surface area contributed by atoms with Gasteiger partial charge in [-0.2, -0.15) is 5.10 Å². The van der Waals surface area contributed by atoms with E-state index in [0.717, 1.165) is 30.0 Å². The molecule has 5 heteroatoms. The lowest BCUT2D eigenvalue weighted by molar-refractivity contribution is -0.119. The first kappa shape index (κ1) is 18.3. The van der Waals surface area contributed by atoms with Crippen molar-refractivity contribution >= 4 is 17.3 Å². The molecule has 24 heavy (non-hydrogen) atoms. The highest BCUT2D eigenvalue weighted by molar-refractivity contribution is 5.89. The summed E-state index contributed by atoms with van der Waals surface area (Å²) in [5.41, 5.74) is 4.73. The van der Waals surface area contributed by atoms with Crippen LogP contribution in [0.5, 0.6) is 5.75 Å². The molecule has 2 atom stereocenters. The lowest BCUT2D eigenvalue weighted by Gasteiger charge is -2.30. The van der Waals surface area contributed by atoms with Crippen molar-refractivity contribution < 1.29 is 9.53 Å². The number of rotatable bonds is 6. The summed E-state index contributed by atoms with van der Waals surface area (Å²) in [6, 6.07) is 7.49. The number of hydrogen-bond acceptors (Lipinski definition) is 4. The van der Waals surface area contributed by atoms with Gasteiger partial charge < -0.3 is 10.1 Å². The summed E-state index contributed by atoms with van der Waals surface area (Å²) in [5, 5.41) is 7.52. The Balaban J connectivity index is 1.86. The number of hydrazone groups is 1. The summed E-state index contributed by atoms with van der Waals surface area (Å²) in [6.45, 7) is 6.90. The van der Waals surface area contributed by atoms with Gasteiger partial charge in [-0.05, 0) is 55.4 Å². The summed E-state index contributed by atoms with van der Waals surface area (Å²) < 4.78 is 5.11. The van der Waals surface area contributed by atoms with Gasteiger partial charge in [0.1, 0.15) is 5.75 Å². The molecule has 2 N–H and O–H groups in total. The molecule has 0 aromatic heterocycles. The minimum atomic E-state index is -0.126. The van der Waals surface area contributed by atoms with Gasteiger partial charge in [0.15, 0.2) is 0 Å². The predicted molar refractivity (Wildman–Crippen MR) is 98.4 cm³/mol. The molecule has 1 aromatic carbocycles. The Kier molecular flexibility index (Phi) is 6.64. The molecule has 132 valence electrons. The molecule has 1 aliphatic rings. The third-order valence-corrected chi connectivity index (χ3v) is 4.63. The molecule has 1 aromatic rings. The van der Waals surface area contributed by atoms with Gasteiger partial charge in [-0.1, -0.05) is 20.8 Å². The number of methoxy groups -OCH3 is 1. The average Bonchev–Trinajstić information content (AvgIpc) is 2.58. The van der Waals surface area contributed by atoms with Crippen molar-refractivity contribution in [1.82, 2.24) is 5.43 Å². The van der Waals surface area contributed by atoms with Gasteiger partial charge >= 0.3 is 0 Å². The Bertz CT molecular complexity index is 566. The zero-order valence-corrected chi connectivity index (χ0v) is 15.1. The number of ether oxygens (including phenoxy) is 1. The summed E-state index contributed by atoms with van der Waals surface area (Å²) in [7, 11) is 1.63. The molecule has 1 amide bonds. The van der Waals surface area contributed by atoms with Crippen LogP contribution < -0.4 is 15.5 Å². The second-order valence-electron chi connectivity index (χ2n) is 6.96. The summed E-state index contributed by atoms with van der Waals surface area (Å²) in [5.74, 6) is 2.36. The van der Waals surface area contributed by atoms with E-state index in [0.29, 0.717) is 17.8 Å². The molecule has 2 rings (SSSR count). The van der Waals surface area contributed by atoms with Crippen LogP contribution in [-0.4, -0.2) is 25.3 Å². The van der Waals surface area contributed by atoms with E-state index in [1.165, 1.54) is 6.42 Å². The van der Waals surface area contributed by atoms with Crippen molar-refractivity contribution in [2.24, 2.45) is 22.9 Å². The Morgan fingerprint density at radius 2 is 2.00 bits per heavy atom. The third kappa shape index (κ3) is 5.25. The van der Waals surface area contributed by atoms with Gasteiger partial charge in [-0.25, -0.2) is 5.43 Å². The molecule has 0 radical (unpaired) electrons. The lowest BCUT2D eigenvalue weighted by atomic mass is 9.76. The van der Waals surface area contributed by atoms with Crippen molar-refractivity contribution in [1.29, 1.82) is 0 Å². The summed E-state index contributed by atoms with van der Waals surface area (Å²) in [4.78, 5) is 12.0. The fraction of sp³-hybridized carbons (Fsp3) is 0.579. The number of carbonyl (C=O) groups excluding carboxylic acids is 1. The SMILES string of the molecule is COc1ccc(NCC(=O)N/N=C2/C[C@H](C)CC[C@H]2C(C)C)cc1. The number of amides is 1. The van der Waals surface area contributed by atoms with E-state index < -0.39 is 0 Å². The van der Waals surface area contributed by atoms with Crippen LogP contribution in [0.3, 0.4) is 0 Å². The van der Waals surface area contributed by atoms with Gasteiger partial charge in [0.25, 0.3) is 5.91 Å². The fourth-order valence-corrected chi connectivity index (χ4v) is 3.15. The zero-order chi connectivity index (χ0) is 17.5. The Hall–Kier alpha value is -2.04. The molecule has 1 fully saturated rings. The van der Waals surface area contributed by atoms with E-state index in [1.807, 2.05) is 24.3 Å². The van der Waals surface area contributed by atoms with E-state index in [-0.39, 0.29) is 12.5 Å². The molecule has 1 aliphatic carbocycles. The minimum absolute atomic E-state index is 0.126. The first-order valence-corrected chi connectivity index (χ1v) is 8.72. The van der Waals surface area contributed by atoms with E-state index >= 15 is 0 Å². The fourth-order valence-electron chi connectivity index (χ4n) is 3.15. The van der Waals surface area contributed by atoms with Crippen LogP contribution in [0.25, 0.3) is 0 Å². The van der Waals surface area contributed by atoms with Gasteiger partial charge in [0.05, 0.1) is 13.7 Å². The van der Waals surface area contributed by atoms with Crippen LogP contribution in [-0.2, 0) is 4.79 Å². The maximum absolute atomic E-state index is 12.0. The van der Waals surface area contributed by atoms with Crippen LogP contribution in [0.4, 0.5) is 5.69 Å². The molecular weight excluding hydrogens is 302 g/mol. The molecule has 0 bridgehead atoms. The zero-order valence-electron chi connectivity index (χ0n) is 15.1. The van der Waals surface area contributed by atoms with E-state index in [1.54, 1.807) is 7.11 Å². The standard InChI is InChI=1S/C19H29N3O2/c1-13(2)17-10-5-14(3)11-18(17)21-22-19(23)12-20-15-6-8-16(24-4)9-7-15/h6-9,13-14,17,20H,5,10-12H2,1-4H3,(H,22,23)/b21-18-/t14-,17+/m1/s1. The van der Waals surface area contributed by atoms with E-state index in [9.17, 15) is 4.79 Å². The topological polar surface area (TPSA) is 62.7 Å². The maximum atomic E-state index is 12.0. The van der Waals surface area contributed by atoms with Gasteiger partial charge in [0, 0.05) is 17.3 Å². The van der Waals surface area contributed by atoms with E-state index in [2.05, 4.69) is 36.6 Å². The molecule has 1 saturated carbocycles. The van der Waals surface area contributed by atoms with Crippen molar-refractivity contribution in [3.63, 3.8) is 0 Å². The largest absolute Gasteiger partial charge is 0.497 e. The quantitative estimate of drug-likeness (QED) is 0.782. The minimum Gasteiger partial charge on any atom is -0.497 e. The number of anilines is 1. The highest BCUT2D eigenvalue weighted by atomic mass is 16.5. The normalized spacial score (nSPS) is 22.5. The first-order chi connectivity index (χ1) is 11.5. The number of carbonyl (C=O) groups is 1. The molecule has 0 spiro atoms. The molecule has 0 saturated heterocycles. The third-order valence-electron chi connectivity index (χ3n) is 4.63. The predicted octanol–water partition coefficient (Wildman–Crippen LogP) is 3.67. The number of hydrogen-bond donors (Lipinski definition) is 2. The highest BCUT2D eigenvalue weighted by Gasteiger charge is 2.27. The lowest BCUT2D eigenvalue weighted by Crippen LogP contribution is -2.32. The molecule has 0 unspecified atom stereocenters. The van der Waals surface area contributed by atoms with Gasteiger partial charge in [0.2, 0.25) is 0 Å². The van der Waals surface area contributed by atoms with Crippen LogP contribution in [0.15, 0.2) is 29.4 Å². The van der Waals surface area contributed by atoms with Crippen molar-refractivity contribution in [3.05, 3.63) is 24.3 Å². The second-order valence-corrected chi connectivity index (χ2v) is 6.96. The monoisotopic (exact) mass is 331 g/mol. The number of nitrogens with zero attached hydrogens (tertiary/aromatic N) is 1. The van der Waals surface area contributed by atoms with Gasteiger partial charge in [-0.15, -0.1) is 0 Å². The van der Waals surface area contributed by atoms with Crippen LogP contribution in [0.1, 0.15) is 40.0 Å². The summed E-state index contributed by atoms with van der Waals surface area (Å²) in [6.07, 6.45) is 3.39. The average molecular weight is 331 g/mol. The second kappa shape index (κ2) is 8.71. The van der Waals surface area contributed by atoms with Crippen LogP contribution in [0.2, 0.25) is 0 Å². The van der Waals surface area contributed by atoms with Crippen LogP contribution >= 0.6 is 0 Å². The number of nitrogens with one attached hydrogen (secondary N) is 2. The summed E-state index contributed by atoms with van der Waals surface area (Å²) >= 11 is 0. The molecule has 0 heterocycles. The Morgan fingerprint density at radius 1 is 1.29 bits per heavy atom. The maximum Gasteiger partial charge on any atom is 0.259 e. The van der Waals surface area contributed by atoms with Crippen molar-refractivity contribution in [2.45, 2.75) is 40.0 Å². The molecule has 0 aliphatic heterocycles. The van der Waals surface area contributed by atoms with Crippen LogP contribution in [0, 0.1) is 17.8 Å². The van der Waals surface area contributed by atoms with Crippen molar-refractivity contribution in [3.8, 4) is 5.75 Å². The Labute approximate surface area is 144 Å². The first-order valence-electron chi connectivity index (χ1n) is 8.72. The Morgan fingerprint density at radius 3 is 2.62 bits per heavy atom. The molecule has 5 nitrogen and oxygen atoms in total. The molecular formula is C19H29N3O2. The smallest absolute Gasteiger partial charge is 0.259 e.